The number of benzene rings is 1. The van der Waals surface area contributed by atoms with Crippen molar-refractivity contribution in [1.29, 1.82) is 0 Å². The van der Waals surface area contributed by atoms with Gasteiger partial charge >= 0.3 is 0 Å². The van der Waals surface area contributed by atoms with E-state index >= 15 is 0 Å². The fourth-order valence-corrected chi connectivity index (χ4v) is 3.76. The molecule has 3 aromatic rings. The third-order valence-corrected chi connectivity index (χ3v) is 5.38. The van der Waals surface area contributed by atoms with Gasteiger partial charge in [-0.2, -0.15) is 0 Å². The third kappa shape index (κ3) is 4.01. The Morgan fingerprint density at radius 1 is 0.893 bits per heavy atom. The monoisotopic (exact) mass is 393 g/mol. The highest BCUT2D eigenvalue weighted by Gasteiger charge is 2.26. The van der Waals surface area contributed by atoms with E-state index in [1.165, 1.54) is 11.3 Å². The lowest BCUT2D eigenvalue weighted by Gasteiger charge is -2.34. The summed E-state index contributed by atoms with van der Waals surface area (Å²) in [6, 6.07) is 12.7. The fraction of sp³-hybridized carbons (Fsp3) is 0.200. The van der Waals surface area contributed by atoms with E-state index in [1.54, 1.807) is 40.4 Å². The number of thiophene rings is 1. The summed E-state index contributed by atoms with van der Waals surface area (Å²) in [4.78, 5) is 37.9. The van der Waals surface area contributed by atoms with Gasteiger partial charge in [0.1, 0.15) is 0 Å². The van der Waals surface area contributed by atoms with Gasteiger partial charge in [0.15, 0.2) is 0 Å². The topological polar surface area (TPSA) is 78.4 Å². The van der Waals surface area contributed by atoms with Crippen molar-refractivity contribution in [2.45, 2.75) is 0 Å². The number of aromatic nitrogens is 2. The van der Waals surface area contributed by atoms with Gasteiger partial charge < -0.3 is 15.1 Å². The first kappa shape index (κ1) is 18.1. The molecule has 0 radical (unpaired) electrons. The zero-order chi connectivity index (χ0) is 19.3. The number of piperazine rings is 1. The smallest absolute Gasteiger partial charge is 0.264 e. The number of nitrogens with zero attached hydrogens (tertiary/aromatic N) is 4. The molecule has 0 saturated carbocycles. The molecule has 1 saturated heterocycles. The summed E-state index contributed by atoms with van der Waals surface area (Å²) in [7, 11) is 0. The Balaban J connectivity index is 1.39. The van der Waals surface area contributed by atoms with E-state index in [1.807, 2.05) is 29.6 Å². The van der Waals surface area contributed by atoms with E-state index in [-0.39, 0.29) is 11.8 Å². The highest BCUT2D eigenvalue weighted by molar-refractivity contribution is 7.12. The van der Waals surface area contributed by atoms with Gasteiger partial charge in [0.25, 0.3) is 11.8 Å². The lowest BCUT2D eigenvalue weighted by molar-refractivity contribution is 0.0538. The molecule has 1 aromatic carbocycles. The van der Waals surface area contributed by atoms with Crippen LogP contribution < -0.4 is 5.32 Å². The van der Waals surface area contributed by atoms with Gasteiger partial charge in [-0.3, -0.25) is 9.59 Å². The molecule has 7 nitrogen and oxygen atoms in total. The van der Waals surface area contributed by atoms with Crippen molar-refractivity contribution in [1.82, 2.24) is 19.8 Å². The third-order valence-electron chi connectivity index (χ3n) is 4.52. The molecule has 4 rings (SSSR count). The van der Waals surface area contributed by atoms with Crippen molar-refractivity contribution >= 4 is 34.8 Å². The molecule has 0 atom stereocenters. The molecule has 2 amide bonds. The molecule has 28 heavy (non-hydrogen) atoms. The van der Waals surface area contributed by atoms with Gasteiger partial charge in [-0.15, -0.1) is 11.3 Å². The molecule has 0 bridgehead atoms. The van der Waals surface area contributed by atoms with E-state index in [0.29, 0.717) is 37.7 Å². The predicted molar refractivity (Wildman–Crippen MR) is 108 cm³/mol. The Kier molecular flexibility index (Phi) is 5.29. The molecule has 142 valence electrons. The quantitative estimate of drug-likeness (QED) is 0.737. The van der Waals surface area contributed by atoms with E-state index in [2.05, 4.69) is 15.3 Å². The number of anilines is 2. The molecule has 3 heterocycles. The van der Waals surface area contributed by atoms with Crippen molar-refractivity contribution in [2.24, 2.45) is 0 Å². The fourth-order valence-electron chi connectivity index (χ4n) is 3.07. The maximum atomic E-state index is 12.9. The molecule has 1 aliphatic rings. The van der Waals surface area contributed by atoms with Crippen molar-refractivity contribution in [3.63, 3.8) is 0 Å². The zero-order valence-electron chi connectivity index (χ0n) is 15.1. The highest BCUT2D eigenvalue weighted by atomic mass is 32.1. The number of carbonyl (C=O) groups is 2. The minimum atomic E-state index is -0.0409. The summed E-state index contributed by atoms with van der Waals surface area (Å²) < 4.78 is 0. The van der Waals surface area contributed by atoms with Crippen molar-refractivity contribution in [3.05, 3.63) is 70.7 Å². The molecule has 0 unspecified atom stereocenters. The molecule has 0 spiro atoms. The normalized spacial score (nSPS) is 14.0. The molecule has 1 N–H and O–H groups in total. The van der Waals surface area contributed by atoms with Crippen LogP contribution >= 0.6 is 11.3 Å². The molecule has 1 fully saturated rings. The van der Waals surface area contributed by atoms with Crippen LogP contribution in [-0.2, 0) is 0 Å². The van der Waals surface area contributed by atoms with Gasteiger partial charge in [-0.1, -0.05) is 12.1 Å². The molecule has 8 heteroatoms. The summed E-state index contributed by atoms with van der Waals surface area (Å²) in [6.07, 6.45) is 3.31. The van der Waals surface area contributed by atoms with Crippen LogP contribution in [0.5, 0.6) is 0 Å². The second-order valence-electron chi connectivity index (χ2n) is 6.34. The minimum Gasteiger partial charge on any atom is -0.335 e. The number of hydrogen-bond donors (Lipinski definition) is 1. The van der Waals surface area contributed by atoms with E-state index in [9.17, 15) is 9.59 Å². The minimum absolute atomic E-state index is 0.0381. The van der Waals surface area contributed by atoms with Crippen LogP contribution in [-0.4, -0.2) is 57.8 Å². The number of amides is 2. The largest absolute Gasteiger partial charge is 0.335 e. The maximum absolute atomic E-state index is 12.9. The number of nitrogens with one attached hydrogen (secondary N) is 1. The van der Waals surface area contributed by atoms with E-state index < -0.39 is 0 Å². The summed E-state index contributed by atoms with van der Waals surface area (Å²) >= 11 is 1.44. The molecule has 1 aliphatic heterocycles. The SMILES string of the molecule is O=C(c1cccc(Nc2ncccn2)c1)N1CCN(C(=O)c2cccs2)CC1. The van der Waals surface area contributed by atoms with Crippen molar-refractivity contribution < 1.29 is 9.59 Å². The Labute approximate surface area is 166 Å². The summed E-state index contributed by atoms with van der Waals surface area (Å²) in [5.41, 5.74) is 1.35. The van der Waals surface area contributed by atoms with Crippen LogP contribution in [0.1, 0.15) is 20.0 Å². The average molecular weight is 393 g/mol. The van der Waals surface area contributed by atoms with E-state index in [4.69, 9.17) is 0 Å². The summed E-state index contributed by atoms with van der Waals surface area (Å²) in [6.45, 7) is 2.13. The first-order valence-corrected chi connectivity index (χ1v) is 9.85. The maximum Gasteiger partial charge on any atom is 0.264 e. The molecule has 2 aromatic heterocycles. The summed E-state index contributed by atoms with van der Waals surface area (Å²) in [5.74, 6) is 0.477. The number of rotatable bonds is 4. The molecular formula is C20H19N5O2S. The van der Waals surface area contributed by atoms with Crippen molar-refractivity contribution in [3.8, 4) is 0 Å². The number of hydrogen-bond acceptors (Lipinski definition) is 6. The molecule has 0 aliphatic carbocycles. The lowest BCUT2D eigenvalue weighted by Crippen LogP contribution is -2.50. The first-order valence-electron chi connectivity index (χ1n) is 8.97. The van der Waals surface area contributed by atoms with Gasteiger partial charge in [0.05, 0.1) is 4.88 Å². The lowest BCUT2D eigenvalue weighted by atomic mass is 10.1. The van der Waals surface area contributed by atoms with Crippen LogP contribution in [0.25, 0.3) is 0 Å². The van der Waals surface area contributed by atoms with Crippen LogP contribution in [0.4, 0.5) is 11.6 Å². The van der Waals surface area contributed by atoms with Crippen molar-refractivity contribution in [2.75, 3.05) is 31.5 Å². The number of carbonyl (C=O) groups excluding carboxylic acids is 2. The van der Waals surface area contributed by atoms with Crippen LogP contribution in [0.3, 0.4) is 0 Å². The average Bonchev–Trinajstić information content (AvgIpc) is 3.29. The standard InChI is InChI=1S/C20H19N5O2S/c26-18(15-4-1-5-16(14-15)23-20-21-7-3-8-22-20)24-9-11-25(12-10-24)19(27)17-6-2-13-28-17/h1-8,13-14H,9-12H2,(H,21,22,23). The zero-order valence-corrected chi connectivity index (χ0v) is 15.9. The van der Waals surface area contributed by atoms with Gasteiger partial charge in [0.2, 0.25) is 5.95 Å². The highest BCUT2D eigenvalue weighted by Crippen LogP contribution is 2.18. The van der Waals surface area contributed by atoms with E-state index in [0.717, 1.165) is 10.6 Å². The Bertz CT molecular complexity index is 954. The van der Waals surface area contributed by atoms with Gasteiger partial charge in [0, 0.05) is 49.8 Å². The van der Waals surface area contributed by atoms with Crippen LogP contribution in [0, 0.1) is 0 Å². The van der Waals surface area contributed by atoms with Crippen LogP contribution in [0.15, 0.2) is 60.2 Å². The predicted octanol–water partition coefficient (Wildman–Crippen LogP) is 2.88. The second-order valence-corrected chi connectivity index (χ2v) is 7.29. The first-order chi connectivity index (χ1) is 13.7. The molecular weight excluding hydrogens is 374 g/mol. The second kappa shape index (κ2) is 8.18. The van der Waals surface area contributed by atoms with Gasteiger partial charge in [-0.05, 0) is 35.7 Å². The summed E-state index contributed by atoms with van der Waals surface area (Å²) in [5, 5.41) is 4.99. The Morgan fingerprint density at radius 3 is 2.29 bits per heavy atom. The Hall–Kier alpha value is -3.26. The van der Waals surface area contributed by atoms with Crippen LogP contribution in [0.2, 0.25) is 0 Å². The van der Waals surface area contributed by atoms with Gasteiger partial charge in [-0.25, -0.2) is 9.97 Å². The Morgan fingerprint density at radius 2 is 1.61 bits per heavy atom.